The molecule has 1 aliphatic heterocycles. The minimum Gasteiger partial charge on any atom is -0.352 e. The van der Waals surface area contributed by atoms with Gasteiger partial charge in [-0.05, 0) is 12.8 Å². The normalized spacial score (nSPS) is 36.7. The predicted molar refractivity (Wildman–Crippen MR) is 38.9 cm³/mol. The van der Waals surface area contributed by atoms with E-state index in [0.717, 1.165) is 19.3 Å². The van der Waals surface area contributed by atoms with Gasteiger partial charge in [0.2, 0.25) is 5.91 Å². The molecule has 1 heterocycles. The molecule has 0 radical (unpaired) electrons. The van der Waals surface area contributed by atoms with E-state index in [1.54, 1.807) is 0 Å². The van der Waals surface area contributed by atoms with Gasteiger partial charge in [-0.2, -0.15) is 0 Å². The number of Topliss-reactive ketones (excluding diaryl/α,β-unsaturated/α-hetero) is 1. The summed E-state index contributed by atoms with van der Waals surface area (Å²) in [5.41, 5.74) is 0. The van der Waals surface area contributed by atoms with E-state index in [0.29, 0.717) is 12.2 Å². The highest BCUT2D eigenvalue weighted by Gasteiger charge is 2.38. The molecule has 0 aromatic heterocycles. The first-order chi connectivity index (χ1) is 5.27. The van der Waals surface area contributed by atoms with Gasteiger partial charge in [-0.3, -0.25) is 9.59 Å². The lowest BCUT2D eigenvalue weighted by Crippen LogP contribution is -2.53. The molecule has 1 N–H and O–H groups in total. The summed E-state index contributed by atoms with van der Waals surface area (Å²) in [5.74, 6) is 0.581. The van der Waals surface area contributed by atoms with Crippen molar-refractivity contribution in [3.05, 3.63) is 0 Å². The molecule has 0 unspecified atom stereocenters. The van der Waals surface area contributed by atoms with Gasteiger partial charge in [0.1, 0.15) is 5.78 Å². The number of nitrogens with one attached hydrogen (secondary N) is 1. The number of ketones is 1. The first kappa shape index (κ1) is 6.83. The molecule has 0 spiro atoms. The van der Waals surface area contributed by atoms with E-state index in [9.17, 15) is 9.59 Å². The van der Waals surface area contributed by atoms with Crippen LogP contribution < -0.4 is 5.32 Å². The van der Waals surface area contributed by atoms with E-state index in [2.05, 4.69) is 5.32 Å². The van der Waals surface area contributed by atoms with E-state index in [4.69, 9.17) is 0 Å². The molecule has 60 valence electrons. The summed E-state index contributed by atoms with van der Waals surface area (Å²) in [6, 6.07) is 0.178. The summed E-state index contributed by atoms with van der Waals surface area (Å²) in [6.45, 7) is 0. The number of amides is 1. The fraction of sp³-hybridized carbons (Fsp3) is 0.750. The van der Waals surface area contributed by atoms with Crippen LogP contribution >= 0.6 is 0 Å². The van der Waals surface area contributed by atoms with Crippen LogP contribution in [0.2, 0.25) is 0 Å². The first-order valence-electron chi connectivity index (χ1n) is 4.09. The summed E-state index contributed by atoms with van der Waals surface area (Å²) in [5, 5.41) is 2.76. The minimum absolute atomic E-state index is 0.0923. The maximum atomic E-state index is 11.2. The predicted octanol–water partition coefficient (Wildman–Crippen LogP) is 0.244. The SMILES string of the molecule is O=C1C[C@H]([C@H]2CCCC2=O)N1. The number of carbonyl (C=O) groups excluding carboxylic acids is 2. The third-order valence-corrected chi connectivity index (χ3v) is 2.59. The summed E-state index contributed by atoms with van der Waals surface area (Å²) < 4.78 is 0. The molecule has 0 aromatic rings. The smallest absolute Gasteiger partial charge is 0.222 e. The molecule has 3 heteroatoms. The molecule has 1 aliphatic carbocycles. The summed E-state index contributed by atoms with van der Waals surface area (Å²) in [6.07, 6.45) is 3.27. The molecule has 2 atom stereocenters. The lowest BCUT2D eigenvalue weighted by atomic mass is 9.89. The molecular weight excluding hydrogens is 142 g/mol. The van der Waals surface area contributed by atoms with Gasteiger partial charge in [-0.15, -0.1) is 0 Å². The average Bonchev–Trinajstić information content (AvgIpc) is 2.29. The topological polar surface area (TPSA) is 46.2 Å². The largest absolute Gasteiger partial charge is 0.352 e. The van der Waals surface area contributed by atoms with Crippen molar-refractivity contribution >= 4 is 11.7 Å². The van der Waals surface area contributed by atoms with Crippen LogP contribution in [0.5, 0.6) is 0 Å². The second kappa shape index (κ2) is 2.32. The van der Waals surface area contributed by atoms with Crippen molar-refractivity contribution in [3.63, 3.8) is 0 Å². The van der Waals surface area contributed by atoms with Crippen LogP contribution in [-0.4, -0.2) is 17.7 Å². The van der Waals surface area contributed by atoms with Gasteiger partial charge in [0, 0.05) is 24.8 Å². The Labute approximate surface area is 65.2 Å². The van der Waals surface area contributed by atoms with Crippen LogP contribution in [0.15, 0.2) is 0 Å². The van der Waals surface area contributed by atoms with Crippen molar-refractivity contribution in [2.45, 2.75) is 31.7 Å². The third-order valence-electron chi connectivity index (χ3n) is 2.59. The van der Waals surface area contributed by atoms with Crippen LogP contribution in [0.3, 0.4) is 0 Å². The van der Waals surface area contributed by atoms with Crippen molar-refractivity contribution in [3.8, 4) is 0 Å². The van der Waals surface area contributed by atoms with Crippen LogP contribution in [0.4, 0.5) is 0 Å². The Morgan fingerprint density at radius 3 is 2.55 bits per heavy atom. The lowest BCUT2D eigenvalue weighted by molar-refractivity contribution is -0.131. The van der Waals surface area contributed by atoms with E-state index in [1.807, 2.05) is 0 Å². The van der Waals surface area contributed by atoms with E-state index >= 15 is 0 Å². The summed E-state index contributed by atoms with van der Waals surface area (Å²) in [7, 11) is 0. The maximum Gasteiger partial charge on any atom is 0.222 e. The molecule has 0 aromatic carbocycles. The van der Waals surface area contributed by atoms with Crippen molar-refractivity contribution in [2.24, 2.45) is 5.92 Å². The molecule has 1 amide bonds. The monoisotopic (exact) mass is 153 g/mol. The Bertz CT molecular complexity index is 204. The van der Waals surface area contributed by atoms with Gasteiger partial charge in [-0.1, -0.05) is 0 Å². The van der Waals surface area contributed by atoms with Crippen molar-refractivity contribution in [1.29, 1.82) is 0 Å². The van der Waals surface area contributed by atoms with Crippen molar-refractivity contribution in [2.75, 3.05) is 0 Å². The van der Waals surface area contributed by atoms with E-state index < -0.39 is 0 Å². The van der Waals surface area contributed by atoms with Crippen LogP contribution in [0.1, 0.15) is 25.7 Å². The summed E-state index contributed by atoms with van der Waals surface area (Å²) in [4.78, 5) is 21.7. The molecular formula is C8H11NO2. The molecule has 2 rings (SSSR count). The average molecular weight is 153 g/mol. The zero-order valence-electron chi connectivity index (χ0n) is 6.30. The number of hydrogen-bond donors (Lipinski definition) is 1. The first-order valence-corrected chi connectivity index (χ1v) is 4.09. The molecule has 2 aliphatic rings. The number of hydrogen-bond acceptors (Lipinski definition) is 2. The van der Waals surface area contributed by atoms with Crippen molar-refractivity contribution < 1.29 is 9.59 Å². The minimum atomic E-state index is 0.0923. The fourth-order valence-electron chi connectivity index (χ4n) is 1.90. The zero-order valence-corrected chi connectivity index (χ0v) is 6.30. The van der Waals surface area contributed by atoms with Gasteiger partial charge in [-0.25, -0.2) is 0 Å². The molecule has 1 saturated heterocycles. The molecule has 1 saturated carbocycles. The van der Waals surface area contributed by atoms with Gasteiger partial charge in [0.05, 0.1) is 0 Å². The second-order valence-corrected chi connectivity index (χ2v) is 3.34. The van der Waals surface area contributed by atoms with Gasteiger partial charge >= 0.3 is 0 Å². The Kier molecular flexibility index (Phi) is 1.44. The highest BCUT2D eigenvalue weighted by molar-refractivity contribution is 5.89. The van der Waals surface area contributed by atoms with Gasteiger partial charge < -0.3 is 5.32 Å². The van der Waals surface area contributed by atoms with Crippen molar-refractivity contribution in [1.82, 2.24) is 5.32 Å². The zero-order chi connectivity index (χ0) is 7.84. The highest BCUT2D eigenvalue weighted by atomic mass is 16.2. The van der Waals surface area contributed by atoms with Crippen LogP contribution in [0, 0.1) is 5.92 Å². The lowest BCUT2D eigenvalue weighted by Gasteiger charge is -2.31. The Morgan fingerprint density at radius 2 is 2.09 bits per heavy atom. The number of β-lactam (4-membered cyclic amide) rings is 1. The fourth-order valence-corrected chi connectivity index (χ4v) is 1.90. The molecule has 3 nitrogen and oxygen atoms in total. The molecule has 11 heavy (non-hydrogen) atoms. The quantitative estimate of drug-likeness (QED) is 0.549. The molecule has 2 fully saturated rings. The number of rotatable bonds is 1. The Morgan fingerprint density at radius 1 is 1.36 bits per heavy atom. The number of carbonyl (C=O) groups is 2. The molecule has 0 bridgehead atoms. The van der Waals surface area contributed by atoms with E-state index in [1.165, 1.54) is 0 Å². The van der Waals surface area contributed by atoms with E-state index in [-0.39, 0.29) is 17.9 Å². The highest BCUT2D eigenvalue weighted by Crippen LogP contribution is 2.28. The van der Waals surface area contributed by atoms with Crippen LogP contribution in [0.25, 0.3) is 0 Å². The van der Waals surface area contributed by atoms with Gasteiger partial charge in [0.15, 0.2) is 0 Å². The Balaban J connectivity index is 1.95. The van der Waals surface area contributed by atoms with Crippen LogP contribution in [-0.2, 0) is 9.59 Å². The Hall–Kier alpha value is -0.860. The second-order valence-electron chi connectivity index (χ2n) is 3.34. The summed E-state index contributed by atoms with van der Waals surface area (Å²) >= 11 is 0. The maximum absolute atomic E-state index is 11.2. The standard InChI is InChI=1S/C8H11NO2/c10-7-3-1-2-5(7)6-4-8(11)9-6/h5-6H,1-4H2,(H,9,11)/t5-,6-/m1/s1. The third kappa shape index (κ3) is 1.04. The van der Waals surface area contributed by atoms with Gasteiger partial charge in [0.25, 0.3) is 0 Å².